The fourth-order valence-corrected chi connectivity index (χ4v) is 2.11. The van der Waals surface area contributed by atoms with Gasteiger partial charge in [-0.15, -0.1) is 0 Å². The smallest absolute Gasteiger partial charge is 0.343 e. The lowest BCUT2D eigenvalue weighted by Gasteiger charge is -2.22. The minimum atomic E-state index is -0.807. The van der Waals surface area contributed by atoms with E-state index in [1.54, 1.807) is 0 Å². The van der Waals surface area contributed by atoms with E-state index in [-0.39, 0.29) is 23.4 Å². The van der Waals surface area contributed by atoms with E-state index in [0.717, 1.165) is 5.01 Å². The number of anilines is 1. The van der Waals surface area contributed by atoms with Crippen molar-refractivity contribution in [1.82, 2.24) is 15.3 Å². The van der Waals surface area contributed by atoms with Crippen LogP contribution >= 0.6 is 0 Å². The summed E-state index contributed by atoms with van der Waals surface area (Å²) in [5.74, 6) is -1.95. The normalized spacial score (nSPS) is 18.1. The first-order chi connectivity index (χ1) is 9.00. The van der Waals surface area contributed by atoms with Gasteiger partial charge in [0.2, 0.25) is 5.91 Å². The Morgan fingerprint density at radius 2 is 1.84 bits per heavy atom. The molecule has 1 aromatic carbocycles. The van der Waals surface area contributed by atoms with Gasteiger partial charge >= 0.3 is 6.03 Å². The van der Waals surface area contributed by atoms with Crippen LogP contribution in [0.2, 0.25) is 0 Å². The Balaban J connectivity index is 2.06. The molecule has 1 aromatic rings. The van der Waals surface area contributed by atoms with Crippen LogP contribution < -0.4 is 11.1 Å². The second-order valence-corrected chi connectivity index (χ2v) is 4.10. The van der Waals surface area contributed by atoms with Crippen LogP contribution in [0.3, 0.4) is 0 Å². The van der Waals surface area contributed by atoms with Crippen LogP contribution in [0.1, 0.15) is 20.7 Å². The Kier molecular flexibility index (Phi) is 2.09. The number of rotatable bonds is 1. The lowest BCUT2D eigenvalue weighted by Crippen LogP contribution is -2.47. The molecule has 0 unspecified atom stereocenters. The third-order valence-corrected chi connectivity index (χ3v) is 2.94. The molecule has 5 amide bonds. The number of nitrogen functional groups attached to an aromatic ring is 1. The average Bonchev–Trinajstić information content (AvgIpc) is 2.79. The van der Waals surface area contributed by atoms with Crippen molar-refractivity contribution < 1.29 is 19.2 Å². The van der Waals surface area contributed by atoms with E-state index in [4.69, 9.17) is 5.73 Å². The highest BCUT2D eigenvalue weighted by atomic mass is 16.2. The number of amides is 5. The van der Waals surface area contributed by atoms with E-state index in [1.165, 1.54) is 18.2 Å². The summed E-state index contributed by atoms with van der Waals surface area (Å²) in [6, 6.07) is 3.67. The molecule has 8 heteroatoms. The van der Waals surface area contributed by atoms with Crippen molar-refractivity contribution in [3.63, 3.8) is 0 Å². The molecule has 0 aliphatic carbocycles. The second kappa shape index (κ2) is 3.55. The summed E-state index contributed by atoms with van der Waals surface area (Å²) in [5.41, 5.74) is 6.00. The fraction of sp³-hybridized carbons (Fsp3) is 0.0909. The quantitative estimate of drug-likeness (QED) is 0.395. The summed E-state index contributed by atoms with van der Waals surface area (Å²) < 4.78 is 0. The summed E-state index contributed by atoms with van der Waals surface area (Å²) in [6.45, 7) is -0.371. The molecule has 0 aromatic heterocycles. The van der Waals surface area contributed by atoms with Gasteiger partial charge in [-0.05, 0) is 12.1 Å². The number of carbonyl (C=O) groups excluding carboxylic acids is 4. The number of urea groups is 1. The van der Waals surface area contributed by atoms with E-state index in [0.29, 0.717) is 5.01 Å². The number of carbonyl (C=O) groups is 4. The number of hydrogen-bond donors (Lipinski definition) is 2. The van der Waals surface area contributed by atoms with Crippen LogP contribution in [-0.4, -0.2) is 40.3 Å². The molecule has 96 valence electrons. The molecule has 0 radical (unpaired) electrons. The van der Waals surface area contributed by atoms with Gasteiger partial charge in [0, 0.05) is 5.69 Å². The van der Waals surface area contributed by atoms with Gasteiger partial charge in [0.1, 0.15) is 6.54 Å². The third-order valence-electron chi connectivity index (χ3n) is 2.94. The van der Waals surface area contributed by atoms with E-state index in [9.17, 15) is 19.2 Å². The van der Waals surface area contributed by atoms with Crippen molar-refractivity contribution in [2.45, 2.75) is 0 Å². The summed E-state index contributed by atoms with van der Waals surface area (Å²) in [4.78, 5) is 46.9. The van der Waals surface area contributed by atoms with Gasteiger partial charge in [0.05, 0.1) is 11.1 Å². The third kappa shape index (κ3) is 1.39. The summed E-state index contributed by atoms with van der Waals surface area (Å²) in [7, 11) is 0. The molecule has 0 atom stereocenters. The standard InChI is InChI=1S/C11H8N4O4/c12-6-3-1-2-5-8(6)10(18)15(9(5)17)14-4-7(16)13-11(14)19/h1-3H,4,12H2,(H,13,16,19). The number of hydrazine groups is 1. The zero-order chi connectivity index (χ0) is 13.7. The number of nitrogens with zero attached hydrogens (tertiary/aromatic N) is 2. The number of nitrogens with one attached hydrogen (secondary N) is 1. The van der Waals surface area contributed by atoms with Gasteiger partial charge in [-0.25, -0.2) is 9.80 Å². The Labute approximate surface area is 106 Å². The highest BCUT2D eigenvalue weighted by Crippen LogP contribution is 2.29. The topological polar surface area (TPSA) is 113 Å². The van der Waals surface area contributed by atoms with Crippen molar-refractivity contribution in [2.75, 3.05) is 12.3 Å². The Bertz CT molecular complexity index is 654. The minimum Gasteiger partial charge on any atom is -0.398 e. The molecule has 2 aliphatic heterocycles. The van der Waals surface area contributed by atoms with Gasteiger partial charge in [-0.1, -0.05) is 6.07 Å². The van der Waals surface area contributed by atoms with Gasteiger partial charge in [0.15, 0.2) is 0 Å². The highest BCUT2D eigenvalue weighted by molar-refractivity contribution is 6.24. The van der Waals surface area contributed by atoms with Crippen LogP contribution in [0.5, 0.6) is 0 Å². The summed E-state index contributed by atoms with van der Waals surface area (Å²) in [5, 5.41) is 3.41. The molecule has 2 aliphatic rings. The lowest BCUT2D eigenvalue weighted by molar-refractivity contribution is -0.119. The number of nitrogens with two attached hydrogens (primary N) is 1. The van der Waals surface area contributed by atoms with Crippen LogP contribution in [0, 0.1) is 0 Å². The predicted molar refractivity (Wildman–Crippen MR) is 61.6 cm³/mol. The van der Waals surface area contributed by atoms with Gasteiger partial charge in [-0.2, -0.15) is 5.01 Å². The fourth-order valence-electron chi connectivity index (χ4n) is 2.11. The molecular weight excluding hydrogens is 252 g/mol. The summed E-state index contributed by atoms with van der Waals surface area (Å²) >= 11 is 0. The zero-order valence-corrected chi connectivity index (χ0v) is 9.54. The molecule has 3 N–H and O–H groups in total. The Morgan fingerprint density at radius 3 is 2.42 bits per heavy atom. The van der Waals surface area contributed by atoms with Crippen molar-refractivity contribution in [2.24, 2.45) is 0 Å². The SMILES string of the molecule is Nc1cccc2c1C(=O)N(N1CC(=O)NC1=O)C2=O. The Hall–Kier alpha value is -2.90. The van der Waals surface area contributed by atoms with Crippen LogP contribution in [0.15, 0.2) is 18.2 Å². The first-order valence-corrected chi connectivity index (χ1v) is 5.39. The lowest BCUT2D eigenvalue weighted by atomic mass is 10.1. The molecule has 8 nitrogen and oxygen atoms in total. The molecule has 0 bridgehead atoms. The number of fused-ring (bicyclic) bond motifs is 1. The van der Waals surface area contributed by atoms with E-state index >= 15 is 0 Å². The number of hydrogen-bond acceptors (Lipinski definition) is 5. The van der Waals surface area contributed by atoms with E-state index in [2.05, 4.69) is 0 Å². The Morgan fingerprint density at radius 1 is 1.11 bits per heavy atom. The van der Waals surface area contributed by atoms with Crippen LogP contribution in [0.25, 0.3) is 0 Å². The number of imide groups is 2. The summed E-state index contributed by atoms with van der Waals surface area (Å²) in [6.07, 6.45) is 0. The maximum absolute atomic E-state index is 12.2. The molecule has 0 saturated carbocycles. The van der Waals surface area contributed by atoms with Gasteiger partial charge < -0.3 is 5.73 Å². The highest BCUT2D eigenvalue weighted by Gasteiger charge is 2.45. The van der Waals surface area contributed by atoms with Crippen molar-refractivity contribution >= 4 is 29.4 Å². The maximum Gasteiger partial charge on any atom is 0.343 e. The second-order valence-electron chi connectivity index (χ2n) is 4.10. The average molecular weight is 260 g/mol. The number of benzene rings is 1. The predicted octanol–water partition coefficient (Wildman–Crippen LogP) is -0.668. The van der Waals surface area contributed by atoms with Gasteiger partial charge in [-0.3, -0.25) is 19.7 Å². The largest absolute Gasteiger partial charge is 0.398 e. The molecule has 1 saturated heterocycles. The van der Waals surface area contributed by atoms with Crippen LogP contribution in [0.4, 0.5) is 10.5 Å². The monoisotopic (exact) mass is 260 g/mol. The van der Waals surface area contributed by atoms with Crippen molar-refractivity contribution in [1.29, 1.82) is 0 Å². The van der Waals surface area contributed by atoms with Gasteiger partial charge in [0.25, 0.3) is 11.8 Å². The first kappa shape index (κ1) is 11.2. The zero-order valence-electron chi connectivity index (χ0n) is 9.54. The molecular formula is C11H8N4O4. The first-order valence-electron chi connectivity index (χ1n) is 5.39. The van der Waals surface area contributed by atoms with E-state index in [1.807, 2.05) is 5.32 Å². The molecule has 19 heavy (non-hydrogen) atoms. The molecule has 1 fully saturated rings. The van der Waals surface area contributed by atoms with E-state index < -0.39 is 23.8 Å². The van der Waals surface area contributed by atoms with Crippen molar-refractivity contribution in [3.05, 3.63) is 29.3 Å². The molecule has 3 rings (SSSR count). The minimum absolute atomic E-state index is 0.0552. The van der Waals surface area contributed by atoms with Crippen LogP contribution in [-0.2, 0) is 4.79 Å². The van der Waals surface area contributed by atoms with Crippen molar-refractivity contribution in [3.8, 4) is 0 Å². The molecule has 0 spiro atoms. The molecule has 2 heterocycles. The maximum atomic E-state index is 12.2.